The Morgan fingerprint density at radius 2 is 0.672 bits per heavy atom. The molecular formula is C54H36N2OSi. The molecule has 12 aromatic rings. The van der Waals surface area contributed by atoms with Crippen molar-refractivity contribution in [1.29, 1.82) is 0 Å². The first-order valence-corrected chi connectivity index (χ1v) is 21.9. The molecule has 0 fully saturated rings. The summed E-state index contributed by atoms with van der Waals surface area (Å²) in [4.78, 5) is 0. The number of hydrogen-bond acceptors (Lipinski definition) is 1. The second-order valence-corrected chi connectivity index (χ2v) is 19.1. The molecular weight excluding hydrogens is 721 g/mol. The van der Waals surface area contributed by atoms with E-state index in [9.17, 15) is 0 Å². The second-order valence-electron chi connectivity index (χ2n) is 15.3. The van der Waals surface area contributed by atoms with E-state index < -0.39 is 8.07 Å². The van der Waals surface area contributed by atoms with Gasteiger partial charge in [0, 0.05) is 49.8 Å². The Labute approximate surface area is 336 Å². The van der Waals surface area contributed by atoms with E-state index in [2.05, 4.69) is 221 Å². The van der Waals surface area contributed by atoms with Crippen LogP contribution in [0, 0.1) is 0 Å². The fourth-order valence-electron chi connectivity index (χ4n) is 9.76. The summed E-state index contributed by atoms with van der Waals surface area (Å²) >= 11 is 0. The smallest absolute Gasteiger partial charge is 0.179 e. The summed E-state index contributed by atoms with van der Waals surface area (Å²) in [5.41, 5.74) is 8.84. The summed E-state index contributed by atoms with van der Waals surface area (Å²) < 4.78 is 11.2. The predicted molar refractivity (Wildman–Crippen MR) is 246 cm³/mol. The predicted octanol–water partition coefficient (Wildman–Crippen LogP) is 11.2. The maximum absolute atomic E-state index is 6.42. The summed E-state index contributed by atoms with van der Waals surface area (Å²) in [5.74, 6) is 0. The van der Waals surface area contributed by atoms with E-state index in [1.54, 1.807) is 0 Å². The van der Waals surface area contributed by atoms with Crippen LogP contribution in [0.25, 0.3) is 76.9 Å². The van der Waals surface area contributed by atoms with Crippen LogP contribution < -0.4 is 20.7 Å². The Balaban J connectivity index is 1.06. The maximum atomic E-state index is 6.42. The lowest BCUT2D eigenvalue weighted by atomic mass is 10.1. The van der Waals surface area contributed by atoms with Gasteiger partial charge in [-0.05, 0) is 75.3 Å². The Kier molecular flexibility index (Phi) is 7.25. The molecule has 272 valence electrons. The highest BCUT2D eigenvalue weighted by molar-refractivity contribution is 7.19. The van der Waals surface area contributed by atoms with Gasteiger partial charge in [-0.25, -0.2) is 0 Å². The van der Waals surface area contributed by atoms with Crippen LogP contribution in [0.3, 0.4) is 0 Å². The molecule has 0 atom stereocenters. The lowest BCUT2D eigenvalue weighted by Crippen LogP contribution is -2.74. The van der Waals surface area contributed by atoms with E-state index in [0.29, 0.717) is 0 Å². The van der Waals surface area contributed by atoms with E-state index in [1.165, 1.54) is 58.8 Å². The van der Waals surface area contributed by atoms with E-state index >= 15 is 0 Å². The molecule has 58 heavy (non-hydrogen) atoms. The van der Waals surface area contributed by atoms with Crippen LogP contribution in [0.5, 0.6) is 0 Å². The van der Waals surface area contributed by atoms with Crippen LogP contribution >= 0.6 is 0 Å². The monoisotopic (exact) mass is 756 g/mol. The van der Waals surface area contributed by atoms with E-state index in [0.717, 1.165) is 38.8 Å². The highest BCUT2D eigenvalue weighted by Gasteiger charge is 2.41. The Morgan fingerprint density at radius 1 is 0.276 bits per heavy atom. The zero-order chi connectivity index (χ0) is 38.2. The fourth-order valence-corrected chi connectivity index (χ4v) is 14.5. The van der Waals surface area contributed by atoms with Gasteiger partial charge in [-0.15, -0.1) is 0 Å². The molecule has 3 nitrogen and oxygen atoms in total. The Morgan fingerprint density at radius 3 is 1.19 bits per heavy atom. The molecule has 3 heterocycles. The highest BCUT2D eigenvalue weighted by Crippen LogP contribution is 2.38. The summed E-state index contributed by atoms with van der Waals surface area (Å²) in [6, 6.07) is 80.3. The van der Waals surface area contributed by atoms with Crippen LogP contribution in [0.1, 0.15) is 0 Å². The SMILES string of the molecule is c1ccc([Si](c2ccccc2)(c2ccc(-n3c4ccccc4c4ccccc43)cc2)c2ccc(-n3c4ccccc4c4cc5c(cc43)oc3ccccc35)cc2)cc1. The van der Waals surface area contributed by atoms with Gasteiger partial charge < -0.3 is 13.6 Å². The van der Waals surface area contributed by atoms with Crippen molar-refractivity contribution in [1.82, 2.24) is 9.13 Å². The van der Waals surface area contributed by atoms with Gasteiger partial charge in [0.05, 0.1) is 22.1 Å². The first-order valence-electron chi connectivity index (χ1n) is 19.9. The molecule has 4 heteroatoms. The van der Waals surface area contributed by atoms with Crippen molar-refractivity contribution in [3.63, 3.8) is 0 Å². The van der Waals surface area contributed by atoms with Gasteiger partial charge in [0.25, 0.3) is 0 Å². The third-order valence-electron chi connectivity index (χ3n) is 12.3. The molecule has 0 aliphatic rings. The molecule has 12 rings (SSSR count). The molecule has 0 spiro atoms. The lowest BCUT2D eigenvalue weighted by Gasteiger charge is -2.34. The molecule has 9 aromatic carbocycles. The molecule has 0 unspecified atom stereocenters. The van der Waals surface area contributed by atoms with Gasteiger partial charge in [-0.1, -0.05) is 158 Å². The van der Waals surface area contributed by atoms with Gasteiger partial charge in [-0.2, -0.15) is 0 Å². The zero-order valence-electron chi connectivity index (χ0n) is 31.6. The number of furan rings is 1. The lowest BCUT2D eigenvalue weighted by molar-refractivity contribution is 0.669. The number of para-hydroxylation sites is 4. The quantitative estimate of drug-likeness (QED) is 0.122. The van der Waals surface area contributed by atoms with E-state index in [1.807, 2.05) is 6.07 Å². The molecule has 0 aliphatic heterocycles. The minimum Gasteiger partial charge on any atom is -0.456 e. The number of aromatic nitrogens is 2. The van der Waals surface area contributed by atoms with Gasteiger partial charge >= 0.3 is 0 Å². The summed E-state index contributed by atoms with van der Waals surface area (Å²) in [7, 11) is -2.82. The molecule has 3 aromatic heterocycles. The molecule has 0 saturated carbocycles. The summed E-state index contributed by atoms with van der Waals surface area (Å²) in [6.45, 7) is 0. The van der Waals surface area contributed by atoms with Crippen molar-refractivity contribution in [2.75, 3.05) is 0 Å². The van der Waals surface area contributed by atoms with Crippen LogP contribution in [0.4, 0.5) is 0 Å². The van der Waals surface area contributed by atoms with Crippen LogP contribution in [-0.4, -0.2) is 17.2 Å². The van der Waals surface area contributed by atoms with Gasteiger partial charge in [0.2, 0.25) is 0 Å². The van der Waals surface area contributed by atoms with Gasteiger partial charge in [0.15, 0.2) is 8.07 Å². The third kappa shape index (κ3) is 4.73. The molecule has 0 bridgehead atoms. The third-order valence-corrected chi connectivity index (χ3v) is 17.1. The molecule has 0 N–H and O–H groups in total. The first kappa shape index (κ1) is 32.8. The minimum absolute atomic E-state index is 0.901. The van der Waals surface area contributed by atoms with Gasteiger partial charge in [-0.3, -0.25) is 0 Å². The number of fused-ring (bicyclic) bond motifs is 9. The molecule has 0 aliphatic carbocycles. The summed E-state index contributed by atoms with van der Waals surface area (Å²) in [6.07, 6.45) is 0. The average molecular weight is 757 g/mol. The zero-order valence-corrected chi connectivity index (χ0v) is 32.6. The molecule has 0 amide bonds. The van der Waals surface area contributed by atoms with Crippen LogP contribution in [0.2, 0.25) is 0 Å². The largest absolute Gasteiger partial charge is 0.456 e. The summed E-state index contributed by atoms with van der Waals surface area (Å²) in [5, 5.41) is 12.7. The minimum atomic E-state index is -2.82. The van der Waals surface area contributed by atoms with Crippen molar-refractivity contribution >= 4 is 94.4 Å². The molecule has 0 radical (unpaired) electrons. The fraction of sp³-hybridized carbons (Fsp3) is 0. The van der Waals surface area contributed by atoms with Crippen molar-refractivity contribution in [2.24, 2.45) is 0 Å². The van der Waals surface area contributed by atoms with E-state index in [4.69, 9.17) is 4.42 Å². The first-order chi connectivity index (χ1) is 28.8. The standard InChI is InChI=1S/C54H36N2OSi/c1-3-15-39(16-4-1)58(40-17-5-2-6-18-40,41-31-27-37(28-32-41)55-49-23-11-7-19-43(49)44-20-8-12-24-50(44)55)42-33-29-38(30-34-42)56-51-25-13-9-21-45(51)47-35-48-46-22-10-14-26-53(46)57-54(48)36-52(47)56/h1-36H. The van der Waals surface area contributed by atoms with E-state index in [-0.39, 0.29) is 0 Å². The van der Waals surface area contributed by atoms with Crippen molar-refractivity contribution in [3.8, 4) is 11.4 Å². The number of rotatable bonds is 6. The van der Waals surface area contributed by atoms with Crippen molar-refractivity contribution in [2.45, 2.75) is 0 Å². The average Bonchev–Trinajstić information content (AvgIpc) is 3.94. The normalized spacial score (nSPS) is 12.1. The number of hydrogen-bond donors (Lipinski definition) is 0. The van der Waals surface area contributed by atoms with Gasteiger partial charge in [0.1, 0.15) is 11.2 Å². The number of benzene rings is 9. The second kappa shape index (κ2) is 12.8. The maximum Gasteiger partial charge on any atom is 0.179 e. The van der Waals surface area contributed by atoms with Crippen molar-refractivity contribution in [3.05, 3.63) is 218 Å². The van der Waals surface area contributed by atoms with Crippen molar-refractivity contribution < 1.29 is 4.42 Å². The Bertz CT molecular complexity index is 3390. The van der Waals surface area contributed by atoms with Crippen LogP contribution in [-0.2, 0) is 0 Å². The topological polar surface area (TPSA) is 23.0 Å². The Hall–Kier alpha value is -7.40. The number of nitrogens with zero attached hydrogens (tertiary/aromatic N) is 2. The van der Waals surface area contributed by atoms with Crippen LogP contribution in [0.15, 0.2) is 223 Å². The molecule has 0 saturated heterocycles. The highest BCUT2D eigenvalue weighted by atomic mass is 28.3.